The Morgan fingerprint density at radius 3 is 2.80 bits per heavy atom. The lowest BCUT2D eigenvalue weighted by Crippen LogP contribution is -2.39. The Hall–Kier alpha value is -3.23. The van der Waals surface area contributed by atoms with Gasteiger partial charge < -0.3 is 15.0 Å². The normalized spacial score (nSPS) is 20.4. The number of amides is 1. The third kappa shape index (κ3) is 2.19. The van der Waals surface area contributed by atoms with E-state index in [0.717, 1.165) is 4.90 Å². The van der Waals surface area contributed by atoms with Gasteiger partial charge in [0.2, 0.25) is 5.67 Å². The summed E-state index contributed by atoms with van der Waals surface area (Å²) >= 11 is 0. The first-order valence-electron chi connectivity index (χ1n) is 7.61. The van der Waals surface area contributed by atoms with E-state index in [2.05, 4.69) is 10.1 Å². The lowest BCUT2D eigenvalue weighted by atomic mass is 10.1. The number of para-hydroxylation sites is 1. The maximum Gasteiger partial charge on any atom is 0.343 e. The van der Waals surface area contributed by atoms with Crippen LogP contribution in [0.15, 0.2) is 35.3 Å². The van der Waals surface area contributed by atoms with Crippen molar-refractivity contribution in [2.45, 2.75) is 12.1 Å². The second-order valence-electron chi connectivity index (χ2n) is 6.04. The van der Waals surface area contributed by atoms with Gasteiger partial charge in [0.1, 0.15) is 11.2 Å². The van der Waals surface area contributed by atoms with E-state index in [9.17, 15) is 18.8 Å². The number of carbonyl (C=O) groups is 2. The smallest absolute Gasteiger partial charge is 0.343 e. The number of aromatic amines is 1. The van der Waals surface area contributed by atoms with Gasteiger partial charge in [-0.25, -0.2) is 13.7 Å². The molecule has 3 aromatic rings. The van der Waals surface area contributed by atoms with Crippen molar-refractivity contribution in [1.82, 2.24) is 19.5 Å². The molecule has 1 unspecified atom stereocenters. The Bertz CT molecular complexity index is 1090. The first-order chi connectivity index (χ1) is 11.9. The van der Waals surface area contributed by atoms with Gasteiger partial charge in [0.15, 0.2) is 0 Å². The van der Waals surface area contributed by atoms with Crippen LogP contribution in [0.1, 0.15) is 16.8 Å². The van der Waals surface area contributed by atoms with Crippen LogP contribution in [0.2, 0.25) is 0 Å². The number of nitrogens with zero attached hydrogens (tertiary/aromatic N) is 3. The Morgan fingerprint density at radius 1 is 1.32 bits per heavy atom. The zero-order chi connectivity index (χ0) is 17.8. The largest absolute Gasteiger partial charge is 0.479 e. The van der Waals surface area contributed by atoms with Crippen LogP contribution in [0.25, 0.3) is 16.6 Å². The van der Waals surface area contributed by atoms with Gasteiger partial charge in [0, 0.05) is 13.0 Å². The SMILES string of the molecule is O=C(c1cnn2c1[nH]c(=O)c1ccccc12)N1CCC(F)(C(=O)O)C1. The molecule has 0 bridgehead atoms. The van der Waals surface area contributed by atoms with Gasteiger partial charge in [0.05, 0.1) is 23.6 Å². The van der Waals surface area contributed by atoms with E-state index < -0.39 is 24.1 Å². The van der Waals surface area contributed by atoms with E-state index in [4.69, 9.17) is 5.11 Å². The van der Waals surface area contributed by atoms with Gasteiger partial charge in [-0.05, 0) is 12.1 Å². The maximum atomic E-state index is 14.2. The molecule has 4 rings (SSSR count). The topological polar surface area (TPSA) is 108 Å². The molecule has 1 aliphatic heterocycles. The second kappa shape index (κ2) is 5.13. The van der Waals surface area contributed by atoms with Crippen molar-refractivity contribution in [3.8, 4) is 0 Å². The zero-order valence-corrected chi connectivity index (χ0v) is 12.9. The number of halogens is 1. The molecule has 1 aromatic carbocycles. The molecule has 128 valence electrons. The highest BCUT2D eigenvalue weighted by Crippen LogP contribution is 2.27. The number of aromatic nitrogens is 3. The van der Waals surface area contributed by atoms with Crippen molar-refractivity contribution < 1.29 is 19.1 Å². The molecule has 8 nitrogen and oxygen atoms in total. The molecule has 3 heterocycles. The minimum atomic E-state index is -2.45. The number of aliphatic carboxylic acids is 1. The number of hydrogen-bond donors (Lipinski definition) is 2. The van der Waals surface area contributed by atoms with Crippen LogP contribution < -0.4 is 5.56 Å². The van der Waals surface area contributed by atoms with Crippen LogP contribution in [0.3, 0.4) is 0 Å². The molecule has 1 amide bonds. The molecule has 2 aromatic heterocycles. The van der Waals surface area contributed by atoms with E-state index in [0.29, 0.717) is 10.9 Å². The Labute approximate surface area is 139 Å². The zero-order valence-electron chi connectivity index (χ0n) is 12.9. The van der Waals surface area contributed by atoms with Crippen LogP contribution in [0.4, 0.5) is 4.39 Å². The first kappa shape index (κ1) is 15.3. The molecule has 0 aliphatic carbocycles. The molecule has 2 N–H and O–H groups in total. The molecule has 0 saturated carbocycles. The van der Waals surface area contributed by atoms with E-state index in [1.807, 2.05) is 0 Å². The monoisotopic (exact) mass is 344 g/mol. The molecule has 0 spiro atoms. The lowest BCUT2D eigenvalue weighted by Gasteiger charge is -2.17. The fraction of sp³-hybridized carbons (Fsp3) is 0.250. The highest BCUT2D eigenvalue weighted by molar-refractivity contribution is 6.01. The summed E-state index contributed by atoms with van der Waals surface area (Å²) in [5.74, 6) is -2.15. The number of hydrogen-bond acceptors (Lipinski definition) is 4. The summed E-state index contributed by atoms with van der Waals surface area (Å²) in [6, 6.07) is 6.80. The third-order valence-electron chi connectivity index (χ3n) is 4.50. The van der Waals surface area contributed by atoms with Crippen LogP contribution >= 0.6 is 0 Å². The van der Waals surface area contributed by atoms with Crippen molar-refractivity contribution in [1.29, 1.82) is 0 Å². The fourth-order valence-electron chi connectivity index (χ4n) is 3.12. The van der Waals surface area contributed by atoms with Crippen molar-refractivity contribution in [3.05, 3.63) is 46.4 Å². The van der Waals surface area contributed by atoms with Crippen LogP contribution in [-0.2, 0) is 4.79 Å². The number of likely N-dealkylation sites (tertiary alicyclic amines) is 1. The highest BCUT2D eigenvalue weighted by atomic mass is 19.1. The molecule has 25 heavy (non-hydrogen) atoms. The van der Waals surface area contributed by atoms with Gasteiger partial charge in [-0.2, -0.15) is 5.10 Å². The van der Waals surface area contributed by atoms with Crippen molar-refractivity contribution >= 4 is 28.4 Å². The molecule has 1 aliphatic rings. The van der Waals surface area contributed by atoms with Crippen LogP contribution in [0, 0.1) is 0 Å². The first-order valence-corrected chi connectivity index (χ1v) is 7.61. The maximum absolute atomic E-state index is 14.2. The molecular weight excluding hydrogens is 331 g/mol. The van der Waals surface area contributed by atoms with Crippen LogP contribution in [-0.4, -0.2) is 55.2 Å². The van der Waals surface area contributed by atoms with E-state index in [1.54, 1.807) is 24.3 Å². The van der Waals surface area contributed by atoms with Gasteiger partial charge in [-0.1, -0.05) is 12.1 Å². The summed E-state index contributed by atoms with van der Waals surface area (Å²) in [7, 11) is 0. The average molecular weight is 344 g/mol. The van der Waals surface area contributed by atoms with E-state index in [-0.39, 0.29) is 29.7 Å². The Morgan fingerprint density at radius 2 is 2.08 bits per heavy atom. The van der Waals surface area contributed by atoms with E-state index in [1.165, 1.54) is 10.7 Å². The van der Waals surface area contributed by atoms with Gasteiger partial charge in [-0.3, -0.25) is 9.59 Å². The number of carbonyl (C=O) groups excluding carboxylic acids is 1. The number of nitrogens with one attached hydrogen (secondary N) is 1. The summed E-state index contributed by atoms with van der Waals surface area (Å²) < 4.78 is 15.6. The second-order valence-corrected chi connectivity index (χ2v) is 6.04. The quantitative estimate of drug-likeness (QED) is 0.715. The Kier molecular flexibility index (Phi) is 3.14. The molecule has 9 heteroatoms. The number of H-pyrrole nitrogens is 1. The fourth-order valence-corrected chi connectivity index (χ4v) is 3.12. The summed E-state index contributed by atoms with van der Waals surface area (Å²) in [5, 5.41) is 13.5. The summed E-state index contributed by atoms with van der Waals surface area (Å²) in [6.07, 6.45) is 1.02. The van der Waals surface area contributed by atoms with E-state index >= 15 is 0 Å². The van der Waals surface area contributed by atoms with Gasteiger partial charge in [-0.15, -0.1) is 0 Å². The van der Waals surface area contributed by atoms with Crippen molar-refractivity contribution in [2.75, 3.05) is 13.1 Å². The molecule has 0 radical (unpaired) electrons. The summed E-state index contributed by atoms with van der Waals surface area (Å²) in [4.78, 5) is 39.6. The van der Waals surface area contributed by atoms with Gasteiger partial charge >= 0.3 is 5.97 Å². The minimum Gasteiger partial charge on any atom is -0.479 e. The van der Waals surface area contributed by atoms with Crippen molar-refractivity contribution in [3.63, 3.8) is 0 Å². The third-order valence-corrected chi connectivity index (χ3v) is 4.50. The summed E-state index contributed by atoms with van der Waals surface area (Å²) in [5.41, 5.74) is -1.99. The predicted octanol–water partition coefficient (Wildman–Crippen LogP) is 0.815. The molecule has 1 atom stereocenters. The minimum absolute atomic E-state index is 0.0171. The van der Waals surface area contributed by atoms with Crippen LogP contribution in [0.5, 0.6) is 0 Å². The number of rotatable bonds is 2. The van der Waals surface area contributed by atoms with Gasteiger partial charge in [0.25, 0.3) is 11.5 Å². The Balaban J connectivity index is 1.79. The molecule has 1 saturated heterocycles. The number of carboxylic acids is 1. The average Bonchev–Trinajstić information content (AvgIpc) is 3.19. The standard InChI is InChI=1S/C16H13FN4O4/c17-16(15(24)25)5-6-20(8-16)14(23)10-7-18-21-11-4-2-1-3-9(11)13(22)19-12(10)21/h1-4,7H,5-6,8H2,(H,19,22)(H,24,25). The summed E-state index contributed by atoms with van der Waals surface area (Å²) in [6.45, 7) is -0.549. The lowest BCUT2D eigenvalue weighted by molar-refractivity contribution is -0.149. The molecule has 1 fully saturated rings. The van der Waals surface area contributed by atoms with Crippen molar-refractivity contribution in [2.24, 2.45) is 0 Å². The number of fused-ring (bicyclic) bond motifs is 3. The number of benzene rings is 1. The number of carboxylic acid groups (broad SMARTS) is 1. The predicted molar refractivity (Wildman–Crippen MR) is 85.3 cm³/mol. The highest BCUT2D eigenvalue weighted by Gasteiger charge is 2.47. The molecular formula is C16H13FN4O4. The number of alkyl halides is 1.